The van der Waals surface area contributed by atoms with E-state index in [2.05, 4.69) is 206 Å². The lowest BCUT2D eigenvalue weighted by Gasteiger charge is -2.53. The van der Waals surface area contributed by atoms with Gasteiger partial charge in [-0.2, -0.15) is 0 Å². The van der Waals surface area contributed by atoms with Crippen LogP contribution in [0.2, 0.25) is 0 Å². The molecule has 6 aromatic rings. The molecule has 0 N–H and O–H groups in total. The highest BCUT2D eigenvalue weighted by Crippen LogP contribution is 2.62. The van der Waals surface area contributed by atoms with Crippen LogP contribution in [0.5, 0.6) is 0 Å². The molecule has 3 heterocycles. The van der Waals surface area contributed by atoms with Crippen molar-refractivity contribution in [1.29, 1.82) is 0 Å². The summed E-state index contributed by atoms with van der Waals surface area (Å²) in [6.07, 6.45) is 4.90. The summed E-state index contributed by atoms with van der Waals surface area (Å²) in [5, 5.41) is 0. The van der Waals surface area contributed by atoms with Gasteiger partial charge in [0.25, 0.3) is 6.71 Å². The molecule has 10 rings (SSSR count). The zero-order valence-electron chi connectivity index (χ0n) is 37.2. The minimum atomic E-state index is -0.0707. The Bertz CT molecular complexity index is 2600. The predicted octanol–water partition coefficient (Wildman–Crippen LogP) is 13.0. The Labute approximate surface area is 354 Å². The summed E-state index contributed by atoms with van der Waals surface area (Å²) in [5.74, 6) is 0. The molecule has 3 aliphatic heterocycles. The van der Waals surface area contributed by atoms with Crippen molar-refractivity contribution in [3.05, 3.63) is 149 Å². The fourth-order valence-corrected chi connectivity index (χ4v) is 11.3. The molecular formula is C55H60BN3. The first-order valence-corrected chi connectivity index (χ1v) is 22.1. The van der Waals surface area contributed by atoms with Crippen molar-refractivity contribution >= 4 is 68.6 Å². The molecule has 0 radical (unpaired) electrons. The molecule has 1 aliphatic carbocycles. The van der Waals surface area contributed by atoms with Crippen LogP contribution in [0.1, 0.15) is 114 Å². The molecule has 6 aromatic carbocycles. The maximum absolute atomic E-state index is 2.87. The van der Waals surface area contributed by atoms with Gasteiger partial charge in [0.15, 0.2) is 0 Å². The van der Waals surface area contributed by atoms with Gasteiger partial charge in [-0.1, -0.05) is 139 Å². The molecule has 0 spiro atoms. The maximum Gasteiger partial charge on any atom is 0.252 e. The Hall–Kier alpha value is -5.22. The van der Waals surface area contributed by atoms with E-state index in [0.717, 1.165) is 11.4 Å². The van der Waals surface area contributed by atoms with Crippen LogP contribution >= 0.6 is 0 Å². The third-order valence-electron chi connectivity index (χ3n) is 14.9. The van der Waals surface area contributed by atoms with E-state index in [1.54, 1.807) is 5.56 Å². The molecule has 4 aliphatic rings. The monoisotopic (exact) mass is 773 g/mol. The first kappa shape index (κ1) is 38.0. The SMILES string of the molecule is Cc1ccc(N(c2ccc(C)cc2)c2cc3c4c(c2)N2c5c(cc(C)cc5C5(C)CCCCC25C)B4c2cc(C(C)(C)C)ccc2N3c2ccc(C(C)(C)C)cc2)cc1. The van der Waals surface area contributed by atoms with E-state index < -0.39 is 0 Å². The highest BCUT2D eigenvalue weighted by atomic mass is 15.3. The van der Waals surface area contributed by atoms with Crippen LogP contribution in [0.15, 0.2) is 115 Å². The third-order valence-corrected chi connectivity index (χ3v) is 14.9. The zero-order valence-corrected chi connectivity index (χ0v) is 37.2. The van der Waals surface area contributed by atoms with Gasteiger partial charge in [0.1, 0.15) is 0 Å². The van der Waals surface area contributed by atoms with E-state index in [4.69, 9.17) is 0 Å². The summed E-state index contributed by atoms with van der Waals surface area (Å²) >= 11 is 0. The highest BCUT2D eigenvalue weighted by Gasteiger charge is 2.61. The molecule has 0 aromatic heterocycles. The van der Waals surface area contributed by atoms with E-state index >= 15 is 0 Å². The minimum Gasteiger partial charge on any atom is -0.335 e. The summed E-state index contributed by atoms with van der Waals surface area (Å²) in [6.45, 7) is 26.0. The Kier molecular flexibility index (Phi) is 8.31. The number of nitrogens with zero attached hydrogens (tertiary/aromatic N) is 3. The minimum absolute atomic E-state index is 0.00884. The lowest BCUT2D eigenvalue weighted by atomic mass is 9.33. The van der Waals surface area contributed by atoms with Crippen molar-refractivity contribution in [2.24, 2.45) is 0 Å². The average molecular weight is 774 g/mol. The molecular weight excluding hydrogens is 713 g/mol. The van der Waals surface area contributed by atoms with Gasteiger partial charge in [0, 0.05) is 45.2 Å². The predicted molar refractivity (Wildman–Crippen MR) is 255 cm³/mol. The first-order valence-electron chi connectivity index (χ1n) is 22.1. The number of benzene rings is 6. The van der Waals surface area contributed by atoms with Crippen molar-refractivity contribution in [3.8, 4) is 0 Å². The van der Waals surface area contributed by atoms with Crippen molar-refractivity contribution in [3.63, 3.8) is 0 Å². The highest BCUT2D eigenvalue weighted by molar-refractivity contribution is 7.00. The molecule has 3 nitrogen and oxygen atoms in total. The third kappa shape index (κ3) is 5.61. The largest absolute Gasteiger partial charge is 0.335 e. The fourth-order valence-electron chi connectivity index (χ4n) is 11.3. The maximum atomic E-state index is 2.87. The van der Waals surface area contributed by atoms with Gasteiger partial charge in [-0.05, 0) is 139 Å². The molecule has 1 saturated carbocycles. The Morgan fingerprint density at radius 3 is 1.73 bits per heavy atom. The number of hydrogen-bond donors (Lipinski definition) is 0. The number of fused-ring (bicyclic) bond motifs is 7. The molecule has 1 fully saturated rings. The lowest BCUT2D eigenvalue weighted by Crippen LogP contribution is -2.64. The van der Waals surface area contributed by atoms with Crippen LogP contribution in [0.25, 0.3) is 0 Å². The zero-order chi connectivity index (χ0) is 41.4. The van der Waals surface area contributed by atoms with Gasteiger partial charge in [0.2, 0.25) is 0 Å². The molecule has 2 atom stereocenters. The van der Waals surface area contributed by atoms with E-state index in [1.807, 2.05) is 0 Å². The van der Waals surface area contributed by atoms with Gasteiger partial charge in [-0.3, -0.25) is 0 Å². The number of anilines is 8. The molecule has 0 amide bonds. The smallest absolute Gasteiger partial charge is 0.252 e. The molecule has 0 bridgehead atoms. The Morgan fingerprint density at radius 2 is 1.12 bits per heavy atom. The standard InChI is InChI=1S/C55H60BN3/c1-35-14-21-40(22-15-35)57(41-23-16-36(2)17-24-41)43-33-48-50-49(34-43)59-51-44(54(10)28-12-13-29-55(54,59)11)30-37(3)31-46(51)56(50)45-32-39(53(7,8)9)20-27-47(45)58(48)42-25-18-38(19-26-42)52(4,5)6/h14-27,30-34H,12-13,28-29H2,1-11H3. The van der Waals surface area contributed by atoms with Crippen LogP contribution in [0.3, 0.4) is 0 Å². The topological polar surface area (TPSA) is 9.72 Å². The molecule has 0 saturated heterocycles. The number of aryl methyl sites for hydroxylation is 3. The summed E-state index contributed by atoms with van der Waals surface area (Å²) in [7, 11) is 0. The fraction of sp³-hybridized carbons (Fsp3) is 0.345. The summed E-state index contributed by atoms with van der Waals surface area (Å²) < 4.78 is 0. The normalized spacial score (nSPS) is 20.2. The summed E-state index contributed by atoms with van der Waals surface area (Å²) in [6, 6.07) is 45.2. The van der Waals surface area contributed by atoms with Crippen LogP contribution in [0, 0.1) is 20.8 Å². The quantitative estimate of drug-likeness (QED) is 0.165. The summed E-state index contributed by atoms with van der Waals surface area (Å²) in [5.41, 5.74) is 22.6. The van der Waals surface area contributed by atoms with Crippen molar-refractivity contribution in [2.45, 2.75) is 124 Å². The van der Waals surface area contributed by atoms with E-state index in [-0.39, 0.29) is 28.5 Å². The van der Waals surface area contributed by atoms with Gasteiger partial charge < -0.3 is 14.7 Å². The van der Waals surface area contributed by atoms with Crippen LogP contribution in [-0.4, -0.2) is 12.3 Å². The number of hydrogen-bond acceptors (Lipinski definition) is 3. The van der Waals surface area contributed by atoms with Crippen LogP contribution < -0.4 is 31.1 Å². The average Bonchev–Trinajstić information content (AvgIpc) is 3.40. The van der Waals surface area contributed by atoms with Crippen molar-refractivity contribution in [2.75, 3.05) is 14.7 Å². The molecule has 2 unspecified atom stereocenters. The van der Waals surface area contributed by atoms with Crippen molar-refractivity contribution in [1.82, 2.24) is 0 Å². The Balaban J connectivity index is 1.34. The van der Waals surface area contributed by atoms with Crippen LogP contribution in [0.4, 0.5) is 45.5 Å². The molecule has 298 valence electrons. The van der Waals surface area contributed by atoms with Crippen molar-refractivity contribution < 1.29 is 0 Å². The second kappa shape index (κ2) is 12.9. The van der Waals surface area contributed by atoms with E-state index in [9.17, 15) is 0 Å². The van der Waals surface area contributed by atoms with Crippen LogP contribution in [-0.2, 0) is 16.2 Å². The number of rotatable bonds is 4. The van der Waals surface area contributed by atoms with E-state index in [0.29, 0.717) is 0 Å². The molecule has 4 heteroatoms. The van der Waals surface area contributed by atoms with Gasteiger partial charge >= 0.3 is 0 Å². The molecule has 59 heavy (non-hydrogen) atoms. The first-order chi connectivity index (χ1) is 28.0. The second-order valence-electron chi connectivity index (χ2n) is 20.9. The van der Waals surface area contributed by atoms with E-state index in [1.165, 1.54) is 104 Å². The second-order valence-corrected chi connectivity index (χ2v) is 20.9. The van der Waals surface area contributed by atoms with Gasteiger partial charge in [-0.15, -0.1) is 0 Å². The Morgan fingerprint density at radius 1 is 0.542 bits per heavy atom. The van der Waals surface area contributed by atoms with Gasteiger partial charge in [-0.25, -0.2) is 0 Å². The van der Waals surface area contributed by atoms with Gasteiger partial charge in [0.05, 0.1) is 11.2 Å². The summed E-state index contributed by atoms with van der Waals surface area (Å²) in [4.78, 5) is 7.97. The lowest BCUT2D eigenvalue weighted by molar-refractivity contribution is 0.195.